The molecule has 2 aromatic rings. The molecule has 2 heterocycles. The lowest BCUT2D eigenvalue weighted by Crippen LogP contribution is -2.37. The predicted molar refractivity (Wildman–Crippen MR) is 100 cm³/mol. The van der Waals surface area contributed by atoms with Crippen molar-refractivity contribution in [1.29, 1.82) is 0 Å². The van der Waals surface area contributed by atoms with Crippen LogP contribution in [0.25, 0.3) is 10.9 Å². The zero-order valence-electron chi connectivity index (χ0n) is 16.0. The van der Waals surface area contributed by atoms with E-state index in [9.17, 15) is 4.79 Å². The molecular formula is C20H27N3O3. The van der Waals surface area contributed by atoms with Gasteiger partial charge in [-0.1, -0.05) is 0 Å². The Morgan fingerprint density at radius 2 is 2.00 bits per heavy atom. The Balaban J connectivity index is 1.77. The highest BCUT2D eigenvalue weighted by atomic mass is 16.6. The molecule has 0 bridgehead atoms. The summed E-state index contributed by atoms with van der Waals surface area (Å²) in [6.07, 6.45) is 4.20. The summed E-state index contributed by atoms with van der Waals surface area (Å²) >= 11 is 0. The minimum absolute atomic E-state index is 0.226. The van der Waals surface area contributed by atoms with Crippen LogP contribution in [0.1, 0.15) is 51.6 Å². The van der Waals surface area contributed by atoms with E-state index < -0.39 is 5.60 Å². The fraction of sp³-hybridized carbons (Fsp3) is 0.550. The van der Waals surface area contributed by atoms with Gasteiger partial charge in [0.1, 0.15) is 17.7 Å². The van der Waals surface area contributed by atoms with Crippen molar-refractivity contribution in [2.45, 2.75) is 51.6 Å². The number of hydrogen-bond acceptors (Lipinski definition) is 5. The van der Waals surface area contributed by atoms with Gasteiger partial charge in [0.25, 0.3) is 0 Å². The Morgan fingerprint density at radius 1 is 1.19 bits per heavy atom. The van der Waals surface area contributed by atoms with Gasteiger partial charge in [0, 0.05) is 30.5 Å². The molecule has 1 saturated heterocycles. The first-order valence-corrected chi connectivity index (χ1v) is 9.14. The minimum Gasteiger partial charge on any atom is -0.497 e. The Hall–Kier alpha value is -2.37. The summed E-state index contributed by atoms with van der Waals surface area (Å²) < 4.78 is 10.8. The molecular weight excluding hydrogens is 330 g/mol. The van der Waals surface area contributed by atoms with Gasteiger partial charge in [0.05, 0.1) is 18.3 Å². The van der Waals surface area contributed by atoms with Crippen molar-refractivity contribution in [3.8, 4) is 5.75 Å². The Labute approximate surface area is 154 Å². The van der Waals surface area contributed by atoms with Gasteiger partial charge in [0.2, 0.25) is 0 Å². The van der Waals surface area contributed by atoms with Gasteiger partial charge < -0.3 is 14.4 Å². The number of amides is 1. The van der Waals surface area contributed by atoms with E-state index in [-0.39, 0.29) is 6.09 Å². The van der Waals surface area contributed by atoms with E-state index >= 15 is 0 Å². The molecule has 26 heavy (non-hydrogen) atoms. The molecule has 140 valence electrons. The van der Waals surface area contributed by atoms with Gasteiger partial charge in [0.15, 0.2) is 0 Å². The van der Waals surface area contributed by atoms with Crippen LogP contribution >= 0.6 is 0 Å². The average Bonchev–Trinajstić information content (AvgIpc) is 2.85. The molecule has 1 amide bonds. The normalized spacial score (nSPS) is 18.5. The van der Waals surface area contributed by atoms with Crippen LogP contribution in [0.3, 0.4) is 0 Å². The lowest BCUT2D eigenvalue weighted by Gasteiger charge is -2.26. The number of hydrogen-bond donors (Lipinski definition) is 0. The standard InChI is InChI=1S/C20H27N3O3/c1-20(2,3)26-19(24)23-10-5-6-14(9-11-23)18-16-8-7-15(25-4)12-17(16)21-13-22-18/h7-8,12-14H,5-6,9-11H2,1-4H3. The average molecular weight is 357 g/mol. The molecule has 1 fully saturated rings. The van der Waals surface area contributed by atoms with Gasteiger partial charge in [-0.25, -0.2) is 14.8 Å². The lowest BCUT2D eigenvalue weighted by molar-refractivity contribution is 0.0256. The maximum absolute atomic E-state index is 12.4. The van der Waals surface area contributed by atoms with Crippen molar-refractivity contribution < 1.29 is 14.3 Å². The lowest BCUT2D eigenvalue weighted by atomic mass is 9.94. The summed E-state index contributed by atoms with van der Waals surface area (Å²) in [5, 5.41) is 1.06. The van der Waals surface area contributed by atoms with Crippen molar-refractivity contribution in [3.05, 3.63) is 30.2 Å². The number of rotatable bonds is 2. The van der Waals surface area contributed by atoms with Gasteiger partial charge in [-0.15, -0.1) is 0 Å². The third-order valence-corrected chi connectivity index (χ3v) is 4.64. The van der Waals surface area contributed by atoms with E-state index in [4.69, 9.17) is 9.47 Å². The van der Waals surface area contributed by atoms with Crippen LogP contribution in [0.5, 0.6) is 5.75 Å². The Bertz CT molecular complexity index is 785. The number of methoxy groups -OCH3 is 1. The van der Waals surface area contributed by atoms with Gasteiger partial charge in [-0.05, 0) is 52.2 Å². The van der Waals surface area contributed by atoms with E-state index in [2.05, 4.69) is 9.97 Å². The van der Waals surface area contributed by atoms with E-state index in [0.717, 1.165) is 48.2 Å². The Kier molecular flexibility index (Phi) is 5.30. The third-order valence-electron chi connectivity index (χ3n) is 4.64. The molecule has 1 aliphatic heterocycles. The topological polar surface area (TPSA) is 64.5 Å². The van der Waals surface area contributed by atoms with Gasteiger partial charge >= 0.3 is 6.09 Å². The third kappa shape index (κ3) is 4.23. The molecule has 3 rings (SSSR count). The highest BCUT2D eigenvalue weighted by Crippen LogP contribution is 2.32. The van der Waals surface area contributed by atoms with Crippen molar-refractivity contribution >= 4 is 17.0 Å². The number of ether oxygens (including phenoxy) is 2. The zero-order chi connectivity index (χ0) is 18.7. The van der Waals surface area contributed by atoms with E-state index in [0.29, 0.717) is 12.5 Å². The molecule has 0 saturated carbocycles. The van der Waals surface area contributed by atoms with Crippen molar-refractivity contribution in [1.82, 2.24) is 14.9 Å². The van der Waals surface area contributed by atoms with Crippen LogP contribution < -0.4 is 4.74 Å². The highest BCUT2D eigenvalue weighted by molar-refractivity contribution is 5.82. The molecule has 0 aliphatic carbocycles. The first kappa shape index (κ1) is 18.4. The molecule has 0 spiro atoms. The summed E-state index contributed by atoms with van der Waals surface area (Å²) in [6, 6.07) is 5.91. The second kappa shape index (κ2) is 7.48. The van der Waals surface area contributed by atoms with Crippen molar-refractivity contribution in [2.75, 3.05) is 20.2 Å². The van der Waals surface area contributed by atoms with Gasteiger partial charge in [-0.2, -0.15) is 0 Å². The molecule has 1 unspecified atom stereocenters. The Morgan fingerprint density at radius 3 is 2.73 bits per heavy atom. The van der Waals surface area contributed by atoms with E-state index in [1.54, 1.807) is 13.4 Å². The molecule has 1 aliphatic rings. The molecule has 1 aromatic heterocycles. The summed E-state index contributed by atoms with van der Waals surface area (Å²) in [4.78, 5) is 23.1. The number of fused-ring (bicyclic) bond motifs is 1. The quantitative estimate of drug-likeness (QED) is 0.808. The largest absolute Gasteiger partial charge is 0.497 e. The monoisotopic (exact) mass is 357 g/mol. The maximum atomic E-state index is 12.4. The second-order valence-electron chi connectivity index (χ2n) is 7.74. The number of benzene rings is 1. The second-order valence-corrected chi connectivity index (χ2v) is 7.74. The summed E-state index contributed by atoms with van der Waals surface area (Å²) in [6.45, 7) is 7.09. The van der Waals surface area contributed by atoms with Crippen LogP contribution in [-0.4, -0.2) is 46.8 Å². The highest BCUT2D eigenvalue weighted by Gasteiger charge is 2.27. The first-order chi connectivity index (χ1) is 12.4. The summed E-state index contributed by atoms with van der Waals surface area (Å²) in [5.74, 6) is 1.10. The minimum atomic E-state index is -0.468. The summed E-state index contributed by atoms with van der Waals surface area (Å²) in [7, 11) is 1.65. The predicted octanol–water partition coefficient (Wildman–Crippen LogP) is 4.14. The van der Waals surface area contributed by atoms with E-state index in [1.807, 2.05) is 43.9 Å². The summed E-state index contributed by atoms with van der Waals surface area (Å²) in [5.41, 5.74) is 1.48. The molecule has 0 radical (unpaired) electrons. The first-order valence-electron chi connectivity index (χ1n) is 9.14. The molecule has 0 N–H and O–H groups in total. The molecule has 1 aromatic carbocycles. The number of carbonyl (C=O) groups is 1. The van der Waals surface area contributed by atoms with Gasteiger partial charge in [-0.3, -0.25) is 0 Å². The fourth-order valence-electron chi connectivity index (χ4n) is 3.39. The fourth-order valence-corrected chi connectivity index (χ4v) is 3.39. The van der Waals surface area contributed by atoms with Crippen LogP contribution in [0.15, 0.2) is 24.5 Å². The number of aromatic nitrogens is 2. The zero-order valence-corrected chi connectivity index (χ0v) is 16.0. The molecule has 1 atom stereocenters. The van der Waals surface area contributed by atoms with E-state index in [1.165, 1.54) is 0 Å². The smallest absolute Gasteiger partial charge is 0.410 e. The molecule has 6 nitrogen and oxygen atoms in total. The number of likely N-dealkylation sites (tertiary alicyclic amines) is 1. The SMILES string of the molecule is COc1ccc2c(C3CCCN(C(=O)OC(C)(C)C)CC3)ncnc2c1. The van der Waals surface area contributed by atoms with Crippen molar-refractivity contribution in [3.63, 3.8) is 0 Å². The van der Waals surface area contributed by atoms with Crippen LogP contribution in [0.4, 0.5) is 4.79 Å². The molecule has 6 heteroatoms. The maximum Gasteiger partial charge on any atom is 0.410 e. The number of carbonyl (C=O) groups excluding carboxylic acids is 1. The van der Waals surface area contributed by atoms with Crippen LogP contribution in [0, 0.1) is 0 Å². The number of nitrogens with zero attached hydrogens (tertiary/aromatic N) is 3. The van der Waals surface area contributed by atoms with Crippen molar-refractivity contribution in [2.24, 2.45) is 0 Å². The van der Waals surface area contributed by atoms with Crippen LogP contribution in [0.2, 0.25) is 0 Å². The van der Waals surface area contributed by atoms with Crippen LogP contribution in [-0.2, 0) is 4.74 Å².